The molecule has 0 amide bonds. The van der Waals surface area contributed by atoms with Crippen LogP contribution in [0.4, 0.5) is 8.78 Å². The summed E-state index contributed by atoms with van der Waals surface area (Å²) in [6, 6.07) is 2.14. The van der Waals surface area contributed by atoms with Crippen molar-refractivity contribution in [2.75, 3.05) is 19.8 Å². The predicted molar refractivity (Wildman–Crippen MR) is 79.6 cm³/mol. The zero-order valence-corrected chi connectivity index (χ0v) is 13.7. The zero-order chi connectivity index (χ0) is 15.0. The van der Waals surface area contributed by atoms with Crippen molar-refractivity contribution in [3.8, 4) is 11.5 Å². The predicted octanol–water partition coefficient (Wildman–Crippen LogP) is 4.13. The molecule has 1 N–H and O–H groups in total. The summed E-state index contributed by atoms with van der Waals surface area (Å²) < 4.78 is 38.2. The van der Waals surface area contributed by atoms with Crippen LogP contribution in [0.5, 0.6) is 11.5 Å². The van der Waals surface area contributed by atoms with E-state index in [-0.39, 0.29) is 25.6 Å². The number of rotatable bonds is 8. The molecule has 1 aromatic rings. The van der Waals surface area contributed by atoms with Crippen molar-refractivity contribution in [3.63, 3.8) is 0 Å². The molecule has 7 heteroatoms. The Balaban J connectivity index is 2.63. The molecular formula is C13H14Br2F2O3. The number of aliphatic hydroxyl groups excluding tert-OH is 1. The molecule has 0 radical (unpaired) electrons. The van der Waals surface area contributed by atoms with Crippen LogP contribution in [0.25, 0.3) is 0 Å². The molecule has 0 spiro atoms. The molecule has 0 fully saturated rings. The van der Waals surface area contributed by atoms with E-state index in [9.17, 15) is 8.78 Å². The average Bonchev–Trinajstić information content (AvgIpc) is 2.36. The fourth-order valence-corrected chi connectivity index (χ4v) is 1.61. The van der Waals surface area contributed by atoms with Crippen molar-refractivity contribution < 1.29 is 23.4 Å². The fourth-order valence-electron chi connectivity index (χ4n) is 1.35. The zero-order valence-electron chi connectivity index (χ0n) is 10.5. The van der Waals surface area contributed by atoms with Crippen LogP contribution in [-0.4, -0.2) is 24.9 Å². The summed E-state index contributed by atoms with van der Waals surface area (Å²) in [5, 5.41) is 8.60. The van der Waals surface area contributed by atoms with Gasteiger partial charge in [0.1, 0.15) is 12.4 Å². The molecule has 0 aliphatic heterocycles. The molecule has 1 rings (SSSR count). The average molecular weight is 416 g/mol. The van der Waals surface area contributed by atoms with Gasteiger partial charge in [0.25, 0.3) is 0 Å². The number of hydrogen-bond donors (Lipinski definition) is 1. The van der Waals surface area contributed by atoms with Crippen molar-refractivity contribution in [2.24, 2.45) is 0 Å². The molecule has 0 unspecified atom stereocenters. The van der Waals surface area contributed by atoms with Crippen LogP contribution >= 0.6 is 31.9 Å². The number of halogens is 4. The molecule has 0 saturated heterocycles. The van der Waals surface area contributed by atoms with Gasteiger partial charge in [0, 0.05) is 18.7 Å². The van der Waals surface area contributed by atoms with Crippen LogP contribution in [0.2, 0.25) is 0 Å². The van der Waals surface area contributed by atoms with Crippen LogP contribution in [0.1, 0.15) is 12.8 Å². The first kappa shape index (κ1) is 17.4. The third-order valence-corrected chi connectivity index (χ3v) is 2.91. The van der Waals surface area contributed by atoms with Crippen molar-refractivity contribution >= 4 is 31.9 Å². The Hall–Kier alpha value is -0.660. The van der Waals surface area contributed by atoms with E-state index in [0.29, 0.717) is 16.2 Å². The maximum Gasteiger partial charge on any atom is 0.190 e. The highest BCUT2D eigenvalue weighted by molar-refractivity contribution is 9.28. The lowest BCUT2D eigenvalue weighted by Crippen LogP contribution is -2.03. The number of ether oxygens (including phenoxy) is 2. The van der Waals surface area contributed by atoms with Gasteiger partial charge in [-0.15, -0.1) is 0 Å². The van der Waals surface area contributed by atoms with Crippen LogP contribution in [0.3, 0.4) is 0 Å². The normalized spacial score (nSPS) is 10.2. The van der Waals surface area contributed by atoms with Gasteiger partial charge in [-0.3, -0.25) is 0 Å². The van der Waals surface area contributed by atoms with Crippen LogP contribution in [0.15, 0.2) is 21.6 Å². The maximum atomic E-state index is 13.7. The Kier molecular flexibility index (Phi) is 8.09. The fraction of sp³-hybridized carbons (Fsp3) is 0.385. The smallest absolute Gasteiger partial charge is 0.190 e. The lowest BCUT2D eigenvalue weighted by atomic mass is 10.3. The Morgan fingerprint density at radius 3 is 2.35 bits per heavy atom. The van der Waals surface area contributed by atoms with E-state index in [0.717, 1.165) is 12.1 Å². The Labute approximate surface area is 132 Å². The molecule has 20 heavy (non-hydrogen) atoms. The van der Waals surface area contributed by atoms with Gasteiger partial charge in [-0.2, -0.15) is 0 Å². The second-order valence-corrected chi connectivity index (χ2v) is 6.57. The van der Waals surface area contributed by atoms with Gasteiger partial charge in [0.05, 0.1) is 10.00 Å². The number of aliphatic hydroxyl groups is 1. The van der Waals surface area contributed by atoms with E-state index in [2.05, 4.69) is 31.9 Å². The number of hydrogen-bond acceptors (Lipinski definition) is 3. The Bertz CT molecular complexity index is 440. The molecule has 0 aromatic heterocycles. The summed E-state index contributed by atoms with van der Waals surface area (Å²) in [6.45, 7) is 0.340. The van der Waals surface area contributed by atoms with E-state index in [4.69, 9.17) is 14.6 Å². The van der Waals surface area contributed by atoms with Gasteiger partial charge < -0.3 is 14.6 Å². The highest BCUT2D eigenvalue weighted by atomic mass is 79.9. The molecular weight excluding hydrogens is 402 g/mol. The third-order valence-electron chi connectivity index (χ3n) is 2.26. The molecule has 1 aromatic carbocycles. The number of benzene rings is 1. The van der Waals surface area contributed by atoms with Crippen molar-refractivity contribution in [3.05, 3.63) is 33.2 Å². The first-order valence-corrected chi connectivity index (χ1v) is 7.50. The summed E-state index contributed by atoms with van der Waals surface area (Å²) in [4.78, 5) is 0. The summed E-state index contributed by atoms with van der Waals surface area (Å²) in [5.74, 6) is -1.97. The van der Waals surface area contributed by atoms with E-state index < -0.39 is 17.4 Å². The minimum atomic E-state index is -0.814. The SMILES string of the molecule is OCCCCOc1c(F)cc(OCC=C(Br)Br)cc1F. The molecule has 112 valence electrons. The maximum absolute atomic E-state index is 13.7. The van der Waals surface area contributed by atoms with E-state index in [1.807, 2.05) is 0 Å². The lowest BCUT2D eigenvalue weighted by Gasteiger charge is -2.10. The minimum Gasteiger partial charge on any atom is -0.489 e. The Morgan fingerprint density at radius 2 is 1.80 bits per heavy atom. The number of unbranched alkanes of at least 4 members (excludes halogenated alkanes) is 1. The van der Waals surface area contributed by atoms with Crippen molar-refractivity contribution in [2.45, 2.75) is 12.8 Å². The molecule has 3 nitrogen and oxygen atoms in total. The standard InChI is InChI=1S/C13H14Br2F2O3/c14-12(15)3-6-19-9-7-10(16)13(11(17)8-9)20-5-2-1-4-18/h3,7-8,18H,1-2,4-6H2. The first-order valence-electron chi connectivity index (χ1n) is 5.91. The van der Waals surface area contributed by atoms with Crippen LogP contribution in [-0.2, 0) is 0 Å². The van der Waals surface area contributed by atoms with Gasteiger partial charge >= 0.3 is 0 Å². The summed E-state index contributed by atoms with van der Waals surface area (Å²) in [6.07, 6.45) is 2.70. The van der Waals surface area contributed by atoms with E-state index in [1.54, 1.807) is 6.08 Å². The summed E-state index contributed by atoms with van der Waals surface area (Å²) in [5.41, 5.74) is 0. The largest absolute Gasteiger partial charge is 0.489 e. The Morgan fingerprint density at radius 1 is 1.15 bits per heavy atom. The molecule has 0 aliphatic rings. The van der Waals surface area contributed by atoms with Crippen LogP contribution < -0.4 is 9.47 Å². The second-order valence-electron chi connectivity index (χ2n) is 3.80. The molecule has 0 aliphatic carbocycles. The van der Waals surface area contributed by atoms with Gasteiger partial charge in [-0.25, -0.2) is 8.78 Å². The summed E-state index contributed by atoms with van der Waals surface area (Å²) in [7, 11) is 0. The lowest BCUT2D eigenvalue weighted by molar-refractivity contribution is 0.241. The summed E-state index contributed by atoms with van der Waals surface area (Å²) >= 11 is 6.28. The highest BCUT2D eigenvalue weighted by Crippen LogP contribution is 2.27. The van der Waals surface area contributed by atoms with Crippen LogP contribution in [0, 0.1) is 11.6 Å². The van der Waals surface area contributed by atoms with Crippen molar-refractivity contribution in [1.82, 2.24) is 0 Å². The first-order chi connectivity index (χ1) is 9.54. The monoisotopic (exact) mass is 414 g/mol. The minimum absolute atomic E-state index is 0.0255. The topological polar surface area (TPSA) is 38.7 Å². The third kappa shape index (κ3) is 6.19. The van der Waals surface area contributed by atoms with Gasteiger partial charge in [0.2, 0.25) is 0 Å². The van der Waals surface area contributed by atoms with E-state index >= 15 is 0 Å². The molecule has 0 saturated carbocycles. The van der Waals surface area contributed by atoms with Gasteiger partial charge in [-0.05, 0) is 50.8 Å². The van der Waals surface area contributed by atoms with Gasteiger partial charge in [0.15, 0.2) is 17.4 Å². The quantitative estimate of drug-likeness (QED) is 0.649. The van der Waals surface area contributed by atoms with Crippen molar-refractivity contribution in [1.29, 1.82) is 0 Å². The second kappa shape index (κ2) is 9.31. The van der Waals surface area contributed by atoms with E-state index in [1.165, 1.54) is 0 Å². The molecule has 0 atom stereocenters. The molecule has 0 bridgehead atoms. The van der Waals surface area contributed by atoms with Gasteiger partial charge in [-0.1, -0.05) is 0 Å². The molecule has 0 heterocycles. The highest BCUT2D eigenvalue weighted by Gasteiger charge is 2.13.